The summed E-state index contributed by atoms with van der Waals surface area (Å²) in [6, 6.07) is 8.50. The van der Waals surface area contributed by atoms with Gasteiger partial charge in [0.25, 0.3) is 0 Å². The van der Waals surface area contributed by atoms with E-state index in [0.29, 0.717) is 28.1 Å². The van der Waals surface area contributed by atoms with Crippen molar-refractivity contribution in [3.63, 3.8) is 0 Å². The molecule has 0 spiro atoms. The molecule has 124 valence electrons. The zero-order valence-corrected chi connectivity index (χ0v) is 13.8. The van der Waals surface area contributed by atoms with Gasteiger partial charge in [-0.1, -0.05) is 41.4 Å². The van der Waals surface area contributed by atoms with Gasteiger partial charge < -0.3 is 5.32 Å². The minimum atomic E-state index is -1.20. The van der Waals surface area contributed by atoms with E-state index in [4.69, 9.17) is 28.5 Å². The van der Waals surface area contributed by atoms with Gasteiger partial charge in [0.05, 0.1) is 16.1 Å². The van der Waals surface area contributed by atoms with Gasteiger partial charge in [-0.15, -0.1) is 0 Å². The van der Waals surface area contributed by atoms with Crippen molar-refractivity contribution in [2.24, 2.45) is 0 Å². The van der Waals surface area contributed by atoms with E-state index in [9.17, 15) is 13.6 Å². The number of carbonyl (C=O) groups excluding carboxylic acids is 1. The lowest BCUT2D eigenvalue weighted by atomic mass is 10.1. The molecule has 0 heterocycles. The van der Waals surface area contributed by atoms with E-state index in [0.717, 1.165) is 12.1 Å². The van der Waals surface area contributed by atoms with Gasteiger partial charge in [-0.3, -0.25) is 4.79 Å². The predicted molar refractivity (Wildman–Crippen MR) is 87.6 cm³/mol. The van der Waals surface area contributed by atoms with Gasteiger partial charge in [0.15, 0.2) is 0 Å². The van der Waals surface area contributed by atoms with Crippen molar-refractivity contribution >= 4 is 29.1 Å². The Balaban J connectivity index is 2.02. The van der Waals surface area contributed by atoms with Crippen LogP contribution in [0.25, 0.3) is 0 Å². The Bertz CT molecular complexity index is 806. The number of aryl methyl sites for hydroxylation is 1. The van der Waals surface area contributed by atoms with Crippen LogP contribution in [0.15, 0.2) is 36.4 Å². The Morgan fingerprint density at radius 2 is 2.00 bits per heavy atom. The van der Waals surface area contributed by atoms with Crippen LogP contribution in [0, 0.1) is 23.0 Å². The van der Waals surface area contributed by atoms with Crippen LogP contribution in [0.4, 0.5) is 8.78 Å². The van der Waals surface area contributed by atoms with Crippen LogP contribution in [0.3, 0.4) is 0 Å². The standard InChI is InChI=1S/C17H12Cl2F2N2O/c18-13-3-1-2-10(17(13)19)4-7-16(24)23-15(9-22)12-6-5-11(20)8-14(12)21/h1-3,5-6,8,15H,4,7H2,(H,23,24). The molecular formula is C17H12Cl2F2N2O. The number of hydrogen-bond donors (Lipinski definition) is 1. The molecule has 1 amide bonds. The lowest BCUT2D eigenvalue weighted by Crippen LogP contribution is -2.28. The summed E-state index contributed by atoms with van der Waals surface area (Å²) in [6.45, 7) is 0. The highest BCUT2D eigenvalue weighted by Crippen LogP contribution is 2.26. The fourth-order valence-electron chi connectivity index (χ4n) is 2.14. The average molecular weight is 369 g/mol. The van der Waals surface area contributed by atoms with Crippen molar-refractivity contribution in [3.05, 3.63) is 69.2 Å². The number of halogens is 4. The molecular weight excluding hydrogens is 357 g/mol. The van der Waals surface area contributed by atoms with E-state index in [-0.39, 0.29) is 12.0 Å². The molecule has 2 aromatic rings. The molecule has 0 fully saturated rings. The molecule has 2 rings (SSSR count). The number of nitrogens with one attached hydrogen (secondary N) is 1. The van der Waals surface area contributed by atoms with Gasteiger partial charge in [0.1, 0.15) is 17.7 Å². The van der Waals surface area contributed by atoms with Crippen LogP contribution in [-0.4, -0.2) is 5.91 Å². The van der Waals surface area contributed by atoms with E-state index in [2.05, 4.69) is 5.32 Å². The Morgan fingerprint density at radius 3 is 2.67 bits per heavy atom. The van der Waals surface area contributed by atoms with Crippen LogP contribution >= 0.6 is 23.2 Å². The number of rotatable bonds is 5. The van der Waals surface area contributed by atoms with Crippen molar-refractivity contribution in [2.45, 2.75) is 18.9 Å². The van der Waals surface area contributed by atoms with Gasteiger partial charge in [0.2, 0.25) is 5.91 Å². The second kappa shape index (κ2) is 8.09. The SMILES string of the molecule is N#CC(NC(=O)CCc1cccc(Cl)c1Cl)c1ccc(F)cc1F. The molecule has 2 aromatic carbocycles. The van der Waals surface area contributed by atoms with Gasteiger partial charge in [-0.25, -0.2) is 8.78 Å². The van der Waals surface area contributed by atoms with E-state index >= 15 is 0 Å². The van der Waals surface area contributed by atoms with Crippen LogP contribution < -0.4 is 5.32 Å². The maximum Gasteiger partial charge on any atom is 0.221 e. The number of nitriles is 1. The van der Waals surface area contributed by atoms with Gasteiger partial charge in [-0.2, -0.15) is 5.26 Å². The summed E-state index contributed by atoms with van der Waals surface area (Å²) in [4.78, 5) is 12.0. The van der Waals surface area contributed by atoms with Crippen LogP contribution in [0.5, 0.6) is 0 Å². The molecule has 0 saturated heterocycles. The normalized spacial score (nSPS) is 11.6. The van der Waals surface area contributed by atoms with Crippen molar-refractivity contribution < 1.29 is 13.6 Å². The third kappa shape index (κ3) is 4.44. The highest BCUT2D eigenvalue weighted by atomic mass is 35.5. The summed E-state index contributed by atoms with van der Waals surface area (Å²) in [5.74, 6) is -2.10. The number of benzene rings is 2. The maximum atomic E-state index is 13.7. The monoisotopic (exact) mass is 368 g/mol. The average Bonchev–Trinajstić information content (AvgIpc) is 2.54. The molecule has 3 nitrogen and oxygen atoms in total. The molecule has 1 atom stereocenters. The molecule has 0 saturated carbocycles. The third-order valence-corrected chi connectivity index (χ3v) is 4.22. The fourth-order valence-corrected chi connectivity index (χ4v) is 2.55. The van der Waals surface area contributed by atoms with Crippen LogP contribution in [0.1, 0.15) is 23.6 Å². The van der Waals surface area contributed by atoms with Crippen LogP contribution in [0.2, 0.25) is 10.0 Å². The number of hydrogen-bond acceptors (Lipinski definition) is 2. The minimum absolute atomic E-state index is 0.0427. The highest BCUT2D eigenvalue weighted by Gasteiger charge is 2.18. The summed E-state index contributed by atoms with van der Waals surface area (Å²) in [6.07, 6.45) is 0.357. The van der Waals surface area contributed by atoms with Crippen LogP contribution in [-0.2, 0) is 11.2 Å². The predicted octanol–water partition coefficient (Wildman–Crippen LogP) is 4.59. The molecule has 0 aliphatic carbocycles. The second-order valence-electron chi connectivity index (χ2n) is 5.01. The largest absolute Gasteiger partial charge is 0.337 e. The molecule has 0 aliphatic rings. The lowest BCUT2D eigenvalue weighted by molar-refractivity contribution is -0.121. The Labute approximate surface area is 147 Å². The van der Waals surface area contributed by atoms with E-state index in [1.807, 2.05) is 0 Å². The first-order valence-electron chi connectivity index (χ1n) is 6.99. The smallest absolute Gasteiger partial charge is 0.221 e. The number of nitrogens with zero attached hydrogens (tertiary/aromatic N) is 1. The van der Waals surface area contributed by atoms with Crippen molar-refractivity contribution in [2.75, 3.05) is 0 Å². The zero-order valence-electron chi connectivity index (χ0n) is 12.3. The topological polar surface area (TPSA) is 52.9 Å². The van der Waals surface area contributed by atoms with E-state index in [1.165, 1.54) is 0 Å². The fraction of sp³-hybridized carbons (Fsp3) is 0.176. The minimum Gasteiger partial charge on any atom is -0.337 e. The van der Waals surface area contributed by atoms with Crippen molar-refractivity contribution in [1.82, 2.24) is 5.32 Å². The zero-order chi connectivity index (χ0) is 17.7. The summed E-state index contributed by atoms with van der Waals surface area (Å²) in [5.41, 5.74) is 0.605. The van der Waals surface area contributed by atoms with Gasteiger partial charge >= 0.3 is 0 Å². The molecule has 1 unspecified atom stereocenters. The summed E-state index contributed by atoms with van der Waals surface area (Å²) < 4.78 is 26.6. The third-order valence-electron chi connectivity index (χ3n) is 3.36. The quantitative estimate of drug-likeness (QED) is 0.839. The Kier molecular flexibility index (Phi) is 6.13. The molecule has 7 heteroatoms. The first-order chi connectivity index (χ1) is 11.4. The maximum absolute atomic E-state index is 13.7. The number of carbonyl (C=O) groups is 1. The van der Waals surface area contributed by atoms with E-state index in [1.54, 1.807) is 24.3 Å². The summed E-state index contributed by atoms with van der Waals surface area (Å²) >= 11 is 11.9. The number of amides is 1. The molecule has 0 aromatic heterocycles. The summed E-state index contributed by atoms with van der Waals surface area (Å²) in [5, 5.41) is 12.3. The molecule has 1 N–H and O–H groups in total. The molecule has 0 bridgehead atoms. The van der Waals surface area contributed by atoms with E-state index < -0.39 is 23.6 Å². The van der Waals surface area contributed by atoms with Crippen molar-refractivity contribution in [3.8, 4) is 6.07 Å². The molecule has 24 heavy (non-hydrogen) atoms. The summed E-state index contributed by atoms with van der Waals surface area (Å²) in [7, 11) is 0. The first-order valence-corrected chi connectivity index (χ1v) is 7.74. The van der Waals surface area contributed by atoms with Gasteiger partial charge in [-0.05, 0) is 24.1 Å². The van der Waals surface area contributed by atoms with Gasteiger partial charge in [0, 0.05) is 18.1 Å². The molecule has 0 aliphatic heterocycles. The Morgan fingerprint density at radius 1 is 1.25 bits per heavy atom. The first kappa shape index (κ1) is 18.2. The molecule has 0 radical (unpaired) electrons. The van der Waals surface area contributed by atoms with Crippen molar-refractivity contribution in [1.29, 1.82) is 5.26 Å². The highest BCUT2D eigenvalue weighted by molar-refractivity contribution is 6.42. The second-order valence-corrected chi connectivity index (χ2v) is 5.79. The lowest BCUT2D eigenvalue weighted by Gasteiger charge is -2.13. The Hall–Kier alpha value is -2.16.